The molecule has 5 heteroatoms. The second kappa shape index (κ2) is 7.88. The third-order valence-electron chi connectivity index (χ3n) is 5.76. The number of aromatic nitrogens is 1. The van der Waals surface area contributed by atoms with Crippen molar-refractivity contribution in [1.82, 2.24) is 4.57 Å². The van der Waals surface area contributed by atoms with Crippen LogP contribution in [0.25, 0.3) is 32.9 Å². The van der Waals surface area contributed by atoms with E-state index in [0.29, 0.717) is 22.7 Å². The molecule has 0 saturated carbocycles. The van der Waals surface area contributed by atoms with Crippen molar-refractivity contribution in [2.75, 3.05) is 0 Å². The van der Waals surface area contributed by atoms with Crippen molar-refractivity contribution in [1.29, 1.82) is 5.26 Å². The number of carbonyl (C=O) groups is 1. The summed E-state index contributed by atoms with van der Waals surface area (Å²) in [5.41, 5.74) is 12.0. The molecule has 2 N–H and O–H groups in total. The monoisotopic (exact) mass is 435 g/mol. The molecule has 0 spiro atoms. The summed E-state index contributed by atoms with van der Waals surface area (Å²) < 4.78 is 2.19. The van der Waals surface area contributed by atoms with E-state index in [1.54, 1.807) is 6.07 Å². The smallest absolute Gasteiger partial charge is 0.249 e. The molecule has 0 bridgehead atoms. The van der Waals surface area contributed by atoms with Gasteiger partial charge in [0.25, 0.3) is 0 Å². The van der Waals surface area contributed by atoms with Gasteiger partial charge in [-0.15, -0.1) is 0 Å². The van der Waals surface area contributed by atoms with Crippen molar-refractivity contribution < 1.29 is 4.79 Å². The molecule has 5 aromatic rings. The first kappa shape index (κ1) is 19.9. The van der Waals surface area contributed by atoms with Gasteiger partial charge in [-0.3, -0.25) is 4.79 Å². The third-order valence-corrected chi connectivity index (χ3v) is 6.01. The molecule has 1 heterocycles. The van der Waals surface area contributed by atoms with Gasteiger partial charge in [-0.2, -0.15) is 5.26 Å². The van der Waals surface area contributed by atoms with Gasteiger partial charge in [-0.1, -0.05) is 54.1 Å². The number of benzene rings is 4. The van der Waals surface area contributed by atoms with Crippen molar-refractivity contribution in [3.63, 3.8) is 0 Å². The molecule has 32 heavy (non-hydrogen) atoms. The third kappa shape index (κ3) is 3.39. The van der Waals surface area contributed by atoms with E-state index in [9.17, 15) is 4.79 Å². The predicted molar refractivity (Wildman–Crippen MR) is 129 cm³/mol. The molecule has 4 nitrogen and oxygen atoms in total. The zero-order chi connectivity index (χ0) is 22.2. The van der Waals surface area contributed by atoms with Crippen LogP contribution in [0, 0.1) is 11.3 Å². The van der Waals surface area contributed by atoms with Crippen LogP contribution >= 0.6 is 11.6 Å². The number of rotatable bonds is 4. The highest BCUT2D eigenvalue weighted by Crippen LogP contribution is 2.35. The number of nitrogens with zero attached hydrogens (tertiary/aromatic N) is 2. The molecule has 0 aliphatic heterocycles. The number of halogens is 1. The van der Waals surface area contributed by atoms with Gasteiger partial charge in [0, 0.05) is 27.9 Å². The fourth-order valence-electron chi connectivity index (χ4n) is 4.21. The summed E-state index contributed by atoms with van der Waals surface area (Å²) in [7, 11) is 0. The largest absolute Gasteiger partial charge is 0.366 e. The maximum absolute atomic E-state index is 12.2. The van der Waals surface area contributed by atoms with Gasteiger partial charge in [0.2, 0.25) is 5.91 Å². The summed E-state index contributed by atoms with van der Waals surface area (Å²) in [4.78, 5) is 12.2. The molecule has 4 aromatic carbocycles. The second-order valence-corrected chi connectivity index (χ2v) is 8.13. The van der Waals surface area contributed by atoms with E-state index < -0.39 is 5.91 Å². The summed E-state index contributed by atoms with van der Waals surface area (Å²) in [5.74, 6) is -0.449. The Morgan fingerprint density at radius 1 is 0.906 bits per heavy atom. The Labute approximate surface area is 190 Å². The number of nitriles is 1. The number of carbonyl (C=O) groups excluding carboxylic acids is 1. The number of hydrogen-bond acceptors (Lipinski definition) is 2. The van der Waals surface area contributed by atoms with Crippen LogP contribution in [0.15, 0.2) is 84.9 Å². The van der Waals surface area contributed by atoms with Crippen molar-refractivity contribution >= 4 is 39.3 Å². The van der Waals surface area contributed by atoms with Gasteiger partial charge in [0.05, 0.1) is 22.7 Å². The van der Waals surface area contributed by atoms with E-state index in [1.807, 2.05) is 66.7 Å². The maximum Gasteiger partial charge on any atom is 0.249 e. The minimum Gasteiger partial charge on any atom is -0.366 e. The van der Waals surface area contributed by atoms with Crippen LogP contribution in [-0.2, 0) is 6.54 Å². The zero-order valence-corrected chi connectivity index (χ0v) is 17.8. The van der Waals surface area contributed by atoms with Crippen molar-refractivity contribution in [3.05, 3.63) is 107 Å². The Morgan fingerprint density at radius 2 is 1.62 bits per heavy atom. The standard InChI is InChI=1S/C27H18ClN3O/c28-21-11-8-19(9-12-21)20-10-13-22-25(14-20)31(16-18-6-4-17(15-29)5-7-18)24-3-1-2-23(26(22)24)27(30)32/h1-14H,16H2,(H2,30,32). The number of primary amides is 1. The molecule has 0 fully saturated rings. The molecule has 0 aliphatic carbocycles. The van der Waals surface area contributed by atoms with Gasteiger partial charge in [0.1, 0.15) is 0 Å². The van der Waals surface area contributed by atoms with Gasteiger partial charge in [0.15, 0.2) is 0 Å². The van der Waals surface area contributed by atoms with Gasteiger partial charge in [-0.05, 0) is 59.2 Å². The van der Waals surface area contributed by atoms with Crippen LogP contribution in [0.5, 0.6) is 0 Å². The first-order valence-electron chi connectivity index (χ1n) is 10.1. The molecule has 0 aliphatic rings. The Kier molecular flexibility index (Phi) is 4.89. The lowest BCUT2D eigenvalue weighted by Crippen LogP contribution is -2.11. The molecule has 154 valence electrons. The second-order valence-electron chi connectivity index (χ2n) is 7.70. The summed E-state index contributed by atoms with van der Waals surface area (Å²) in [6, 6.07) is 29.3. The van der Waals surface area contributed by atoms with Crippen LogP contribution < -0.4 is 5.73 Å². The highest BCUT2D eigenvalue weighted by Gasteiger charge is 2.17. The van der Waals surface area contributed by atoms with E-state index in [0.717, 1.165) is 38.5 Å². The van der Waals surface area contributed by atoms with Gasteiger partial charge < -0.3 is 10.3 Å². The lowest BCUT2D eigenvalue weighted by molar-refractivity contribution is 0.100. The van der Waals surface area contributed by atoms with Crippen LogP contribution in [0.3, 0.4) is 0 Å². The molecule has 1 amide bonds. The van der Waals surface area contributed by atoms with Gasteiger partial charge >= 0.3 is 0 Å². The molecule has 0 atom stereocenters. The predicted octanol–water partition coefficient (Wildman–Crippen LogP) is 6.13. The molecule has 0 unspecified atom stereocenters. The summed E-state index contributed by atoms with van der Waals surface area (Å²) in [6.45, 7) is 0.595. The summed E-state index contributed by atoms with van der Waals surface area (Å²) in [5, 5.41) is 11.6. The van der Waals surface area contributed by atoms with Crippen LogP contribution in [-0.4, -0.2) is 10.5 Å². The van der Waals surface area contributed by atoms with E-state index >= 15 is 0 Å². The number of hydrogen-bond donors (Lipinski definition) is 1. The summed E-state index contributed by atoms with van der Waals surface area (Å²) >= 11 is 6.06. The highest BCUT2D eigenvalue weighted by atomic mass is 35.5. The lowest BCUT2D eigenvalue weighted by atomic mass is 10.0. The van der Waals surface area contributed by atoms with E-state index in [1.165, 1.54) is 0 Å². The topological polar surface area (TPSA) is 71.8 Å². The first-order valence-corrected chi connectivity index (χ1v) is 10.5. The Balaban J connectivity index is 1.76. The quantitative estimate of drug-likeness (QED) is 0.368. The van der Waals surface area contributed by atoms with E-state index in [2.05, 4.69) is 22.8 Å². The SMILES string of the molecule is N#Cc1ccc(Cn2c3cc(-c4ccc(Cl)cc4)ccc3c3c(C(N)=O)cccc32)cc1. The minimum atomic E-state index is -0.449. The van der Waals surface area contributed by atoms with Crippen LogP contribution in [0.1, 0.15) is 21.5 Å². The molecule has 1 aromatic heterocycles. The van der Waals surface area contributed by atoms with Gasteiger partial charge in [-0.25, -0.2) is 0 Å². The fourth-order valence-corrected chi connectivity index (χ4v) is 4.34. The fraction of sp³-hybridized carbons (Fsp3) is 0.0370. The average molecular weight is 436 g/mol. The van der Waals surface area contributed by atoms with E-state index in [4.69, 9.17) is 22.6 Å². The average Bonchev–Trinajstić information content (AvgIpc) is 3.13. The maximum atomic E-state index is 12.2. The number of fused-ring (bicyclic) bond motifs is 3. The first-order chi connectivity index (χ1) is 15.5. The Bertz CT molecular complexity index is 1520. The normalized spacial score (nSPS) is 11.0. The van der Waals surface area contributed by atoms with Crippen molar-refractivity contribution in [2.24, 2.45) is 5.73 Å². The Hall–Kier alpha value is -4.07. The van der Waals surface area contributed by atoms with Crippen LogP contribution in [0.2, 0.25) is 5.02 Å². The number of nitrogens with two attached hydrogens (primary N) is 1. The summed E-state index contributed by atoms with van der Waals surface area (Å²) in [6.07, 6.45) is 0. The van der Waals surface area contributed by atoms with Crippen LogP contribution in [0.4, 0.5) is 0 Å². The molecular formula is C27H18ClN3O. The van der Waals surface area contributed by atoms with Crippen molar-refractivity contribution in [2.45, 2.75) is 6.54 Å². The molecule has 5 rings (SSSR count). The Morgan fingerprint density at radius 3 is 2.31 bits per heavy atom. The van der Waals surface area contributed by atoms with E-state index in [-0.39, 0.29) is 0 Å². The van der Waals surface area contributed by atoms with Crippen molar-refractivity contribution in [3.8, 4) is 17.2 Å². The zero-order valence-electron chi connectivity index (χ0n) is 17.0. The molecule has 0 radical (unpaired) electrons. The molecule has 0 saturated heterocycles. The highest BCUT2D eigenvalue weighted by molar-refractivity contribution is 6.30. The molecular weight excluding hydrogens is 418 g/mol. The minimum absolute atomic E-state index is 0.449. The lowest BCUT2D eigenvalue weighted by Gasteiger charge is -2.09. The number of amides is 1.